The average Bonchev–Trinajstić information content (AvgIpc) is 1.42. The van der Waals surface area contributed by atoms with Crippen molar-refractivity contribution in [2.45, 2.75) is 64.1 Å². The van der Waals surface area contributed by atoms with Gasteiger partial charge in [-0.05, 0) is 336 Å². The zero-order chi connectivity index (χ0) is 48.5. The fraction of sp³-hybridized carbons (Fsp3) is 0.195. The first-order valence-corrected chi connectivity index (χ1v) is 30.0. The van der Waals surface area contributed by atoms with E-state index in [2.05, 4.69) is 59.6 Å². The second-order valence-corrected chi connectivity index (χ2v) is 31.5. The molecule has 79 heavy (non-hydrogen) atoms. The van der Waals surface area contributed by atoms with Crippen LogP contribution in [-0.4, -0.2) is 11.2 Å². The lowest BCUT2D eigenvalue weighted by Crippen LogP contribution is -2.61. The summed E-state index contributed by atoms with van der Waals surface area (Å²) in [6.45, 7) is 14.2. The molecule has 2 fully saturated rings. The van der Waals surface area contributed by atoms with Crippen LogP contribution in [0.5, 0.6) is 0 Å². The third-order valence-corrected chi connectivity index (χ3v) is 28.8. The maximum absolute atomic E-state index is 6.92. The first-order valence-electron chi connectivity index (χ1n) is 30.0. The molecule has 8 aliphatic rings. The standard InChI is InChI=1S/C77H24O2/c1-73(2,3)76-9-10-77(79-78-76,74(4,5)6)69-11(68(69)76)7-8-75-70-64-58-44-36-28-16-13-12-14-17(16)29-31-27-21(14)23-19-15(12)18-22-20(13)26-30(28)42(44)50-48-34(26)32(22)40-38-24(18)25(19)39-41-33(23)35(27)49-51-43(31)45(37(29)36)59(58)65(70)61(51)63-55(49)53(41)57-47(39)46(38)56-52(40)54(48)62(60(50)64)71(75)66(56)67(57)72(63)75/h9-11,68-70H,1-6H3/t11?,68-,69+,70?,75?,76-,77+. The quantitative estimate of drug-likeness (QED) is 0.0652. The first-order chi connectivity index (χ1) is 38.6. The fourth-order valence-electron chi connectivity index (χ4n) is 27.7. The van der Waals surface area contributed by atoms with E-state index in [0.717, 1.165) is 0 Å². The predicted molar refractivity (Wildman–Crippen MR) is 329 cm³/mol. The Balaban J connectivity index is 0.978. The number of benzene rings is 18. The molecular weight excluding hydrogens is 957 g/mol. The van der Waals surface area contributed by atoms with Crippen molar-refractivity contribution in [2.24, 2.45) is 28.6 Å². The van der Waals surface area contributed by atoms with Gasteiger partial charge in [0.05, 0.1) is 5.41 Å². The Hall–Kier alpha value is -8.32. The van der Waals surface area contributed by atoms with Crippen molar-refractivity contribution >= 4 is 291 Å². The molecule has 2 bridgehead atoms. The van der Waals surface area contributed by atoms with Gasteiger partial charge in [-0.25, -0.2) is 9.78 Å². The molecule has 28 aromatic carbocycles. The summed E-state index contributed by atoms with van der Waals surface area (Å²) in [7, 11) is 0. The zero-order valence-electron chi connectivity index (χ0n) is 42.8. The first kappa shape index (κ1) is 31.9. The van der Waals surface area contributed by atoms with E-state index in [9.17, 15) is 0 Å². The van der Waals surface area contributed by atoms with Crippen LogP contribution in [0.25, 0.3) is 291 Å². The van der Waals surface area contributed by atoms with Crippen LogP contribution in [0.2, 0.25) is 0 Å². The molecular formula is C77H24O2. The molecule has 1 unspecified atom stereocenters. The molecule has 28 aromatic rings. The molecule has 2 heterocycles. The Kier molecular flexibility index (Phi) is 2.91. The largest absolute Gasteiger partial charge is 0.224 e. The van der Waals surface area contributed by atoms with Gasteiger partial charge in [0, 0.05) is 23.7 Å². The maximum atomic E-state index is 6.92. The third kappa shape index (κ3) is 1.83. The van der Waals surface area contributed by atoms with Crippen molar-refractivity contribution in [1.29, 1.82) is 0 Å². The van der Waals surface area contributed by atoms with Gasteiger partial charge in [-0.3, -0.25) is 0 Å². The number of hydrogen-bond donors (Lipinski definition) is 0. The van der Waals surface area contributed by atoms with Crippen LogP contribution in [0.4, 0.5) is 0 Å². The second-order valence-electron chi connectivity index (χ2n) is 31.5. The van der Waals surface area contributed by atoms with Crippen molar-refractivity contribution in [1.82, 2.24) is 0 Å². The van der Waals surface area contributed by atoms with Crippen LogP contribution < -0.4 is 0 Å². The molecule has 0 aromatic heterocycles. The van der Waals surface area contributed by atoms with E-state index < -0.39 is 16.6 Å². The third-order valence-electron chi connectivity index (χ3n) is 28.8. The van der Waals surface area contributed by atoms with Gasteiger partial charge < -0.3 is 0 Å². The summed E-state index contributed by atoms with van der Waals surface area (Å²) < 4.78 is 0. The van der Waals surface area contributed by atoms with E-state index in [4.69, 9.17) is 15.7 Å². The summed E-state index contributed by atoms with van der Waals surface area (Å²) in [6, 6.07) is 0. The lowest BCUT2D eigenvalue weighted by atomic mass is 9.57. The molecule has 6 aliphatic carbocycles. The second kappa shape index (κ2) is 7.20. The molecule has 0 radical (unpaired) electrons. The van der Waals surface area contributed by atoms with Crippen LogP contribution in [0.1, 0.15) is 69.7 Å². The summed E-state index contributed by atoms with van der Waals surface area (Å²) in [5.41, 5.74) is 4.63. The minimum atomic E-state index is -0.560. The van der Waals surface area contributed by atoms with Crippen molar-refractivity contribution in [3.8, 4) is 11.8 Å². The zero-order valence-corrected chi connectivity index (χ0v) is 42.8. The number of fused-ring (bicyclic) bond motifs is 1. The molecule has 1 saturated heterocycles. The fourth-order valence-corrected chi connectivity index (χ4v) is 27.7. The Labute approximate surface area is 437 Å². The molecule has 5 atom stereocenters. The van der Waals surface area contributed by atoms with Crippen LogP contribution in [0.3, 0.4) is 0 Å². The minimum Gasteiger partial charge on any atom is -0.224 e. The Morgan fingerprint density at radius 1 is 0.278 bits per heavy atom. The van der Waals surface area contributed by atoms with Gasteiger partial charge in [0.2, 0.25) is 0 Å². The van der Waals surface area contributed by atoms with Crippen LogP contribution in [0, 0.1) is 40.4 Å². The highest BCUT2D eigenvalue weighted by Gasteiger charge is 2.79. The molecule has 2 aliphatic heterocycles. The van der Waals surface area contributed by atoms with Gasteiger partial charge in [0.1, 0.15) is 11.2 Å². The van der Waals surface area contributed by atoms with Gasteiger partial charge in [0.25, 0.3) is 0 Å². The molecule has 344 valence electrons. The number of hydrogen-bond acceptors (Lipinski definition) is 2. The van der Waals surface area contributed by atoms with Crippen molar-refractivity contribution in [3.05, 3.63) is 34.4 Å². The van der Waals surface area contributed by atoms with E-state index >= 15 is 0 Å². The maximum Gasteiger partial charge on any atom is 0.131 e. The van der Waals surface area contributed by atoms with Gasteiger partial charge in [0.15, 0.2) is 0 Å². The van der Waals surface area contributed by atoms with E-state index in [-0.39, 0.29) is 34.5 Å². The summed E-state index contributed by atoms with van der Waals surface area (Å²) in [6.07, 6.45) is 4.88. The average molecular weight is 981 g/mol. The van der Waals surface area contributed by atoms with Gasteiger partial charge in [-0.15, -0.1) is 0 Å². The van der Waals surface area contributed by atoms with E-state index in [1.807, 2.05) is 0 Å². The van der Waals surface area contributed by atoms with Gasteiger partial charge >= 0.3 is 0 Å². The monoisotopic (exact) mass is 980 g/mol. The smallest absolute Gasteiger partial charge is 0.131 e. The van der Waals surface area contributed by atoms with E-state index in [0.29, 0.717) is 0 Å². The summed E-state index contributed by atoms with van der Waals surface area (Å²) in [5, 5.41) is 88.5. The van der Waals surface area contributed by atoms with Crippen LogP contribution >= 0.6 is 0 Å². The van der Waals surface area contributed by atoms with Crippen molar-refractivity contribution in [2.75, 3.05) is 0 Å². The summed E-state index contributed by atoms with van der Waals surface area (Å²) in [5.74, 6) is 10.1. The van der Waals surface area contributed by atoms with Crippen molar-refractivity contribution in [3.63, 3.8) is 0 Å². The molecule has 0 amide bonds. The van der Waals surface area contributed by atoms with E-state index in [1.54, 1.807) is 313 Å². The summed E-state index contributed by atoms with van der Waals surface area (Å²) in [4.78, 5) is 13.8. The molecule has 36 rings (SSSR count). The summed E-state index contributed by atoms with van der Waals surface area (Å²) >= 11 is 0. The highest BCUT2D eigenvalue weighted by atomic mass is 17.2. The van der Waals surface area contributed by atoms with E-state index in [1.165, 1.54) is 0 Å². The Morgan fingerprint density at radius 3 is 0.684 bits per heavy atom. The normalized spacial score (nSPS) is 28.5. The Morgan fingerprint density at radius 2 is 0.468 bits per heavy atom. The minimum absolute atomic E-state index is 0.113. The van der Waals surface area contributed by atoms with Crippen LogP contribution in [-0.2, 0) is 15.2 Å². The number of rotatable bonds is 0. The topological polar surface area (TPSA) is 18.5 Å². The lowest BCUT2D eigenvalue weighted by molar-refractivity contribution is -0.461. The molecule has 1 saturated carbocycles. The Bertz CT molecular complexity index is 7550. The van der Waals surface area contributed by atoms with Gasteiger partial charge in [-0.2, -0.15) is 0 Å². The van der Waals surface area contributed by atoms with Gasteiger partial charge in [-0.1, -0.05) is 53.4 Å². The van der Waals surface area contributed by atoms with Crippen LogP contribution in [0.15, 0.2) is 12.2 Å². The molecule has 2 nitrogen and oxygen atoms in total. The highest BCUT2D eigenvalue weighted by Crippen LogP contribution is 2.84. The predicted octanol–water partition coefficient (Wildman–Crippen LogP) is 20.1. The molecule has 0 spiro atoms. The highest BCUT2D eigenvalue weighted by molar-refractivity contribution is 6.82. The molecule has 2 heteroatoms. The van der Waals surface area contributed by atoms with Crippen molar-refractivity contribution < 1.29 is 9.78 Å². The SMILES string of the molecule is CC(C)(C)[C@@]12C=C[C@@](C(C)(C)C)(OO1)[C@@H]1C(C#CC34c5c6c7c8c9c%10c(c%11c%12c3c3c5c5c%13c6c6c7c7c9c9c%14c%10c%10c%11c%11c%12c%12c3c3c5c5c%13c%13c6c6c7c9c7c9c%14c%10c%10c%11c%11c%12c3c3c5c5c%13c6c7c6c9c%10c%11c3c56)C84)[C@@H]12. The molecule has 0 N–H and O–H groups in total. The lowest BCUT2D eigenvalue weighted by Gasteiger charge is -2.55.